The number of hydrogen-bond acceptors (Lipinski definition) is 3. The van der Waals surface area contributed by atoms with Crippen LogP contribution in [0.3, 0.4) is 0 Å². The van der Waals surface area contributed by atoms with Crippen molar-refractivity contribution in [2.75, 3.05) is 7.11 Å². The van der Waals surface area contributed by atoms with E-state index in [1.54, 1.807) is 0 Å². The van der Waals surface area contributed by atoms with Crippen molar-refractivity contribution in [1.82, 2.24) is 5.32 Å². The number of carbonyl (C=O) groups excluding carboxylic acids is 1. The predicted molar refractivity (Wildman–Crippen MR) is 79.2 cm³/mol. The monoisotopic (exact) mass is 325 g/mol. The molecule has 0 radical (unpaired) electrons. The van der Waals surface area contributed by atoms with Crippen LogP contribution in [0.1, 0.15) is 31.4 Å². The number of hydrogen-bond donors (Lipinski definition) is 1. The highest BCUT2D eigenvalue weighted by Crippen LogP contribution is 2.32. The van der Waals surface area contributed by atoms with Gasteiger partial charge in [0.15, 0.2) is 0 Å². The van der Waals surface area contributed by atoms with Crippen molar-refractivity contribution in [2.45, 2.75) is 44.7 Å². The van der Waals surface area contributed by atoms with Crippen LogP contribution in [0.2, 0.25) is 0 Å². The molecule has 104 valence electrons. The molecule has 1 aromatic carbocycles. The number of nitrogens with one attached hydrogen (secondary N) is 1. The zero-order chi connectivity index (χ0) is 14.0. The first-order valence-electron chi connectivity index (χ1n) is 6.60. The normalized spacial score (nSPS) is 22.2. The van der Waals surface area contributed by atoms with Crippen molar-refractivity contribution in [1.29, 1.82) is 0 Å². The van der Waals surface area contributed by atoms with E-state index in [1.807, 2.05) is 6.07 Å². The Bertz CT molecular complexity index is 487. The number of esters is 1. The van der Waals surface area contributed by atoms with Crippen molar-refractivity contribution >= 4 is 21.9 Å². The number of benzene rings is 1. The molecule has 1 aliphatic rings. The second-order valence-electron chi connectivity index (χ2n) is 5.46. The van der Waals surface area contributed by atoms with Gasteiger partial charge in [0.2, 0.25) is 0 Å². The van der Waals surface area contributed by atoms with Gasteiger partial charge in [-0.15, -0.1) is 0 Å². The standard InChI is InChI=1S/C15H20BrNO2/c1-10(2)17-15(14(18)19-3)7-6-11-8-13(16)5-4-12(11)9-15/h4-5,8,10,17H,6-7,9H2,1-3H3. The highest BCUT2D eigenvalue weighted by molar-refractivity contribution is 9.10. The van der Waals surface area contributed by atoms with E-state index in [2.05, 4.69) is 47.2 Å². The number of halogens is 1. The second kappa shape index (κ2) is 5.63. The maximum absolute atomic E-state index is 12.2. The van der Waals surface area contributed by atoms with Crippen molar-refractivity contribution in [3.63, 3.8) is 0 Å². The molecule has 1 N–H and O–H groups in total. The summed E-state index contributed by atoms with van der Waals surface area (Å²) in [5.74, 6) is -0.158. The van der Waals surface area contributed by atoms with Gasteiger partial charge < -0.3 is 4.74 Å². The number of fused-ring (bicyclic) bond motifs is 1. The summed E-state index contributed by atoms with van der Waals surface area (Å²) in [6.07, 6.45) is 2.37. The van der Waals surface area contributed by atoms with Gasteiger partial charge in [-0.1, -0.05) is 22.0 Å². The Balaban J connectivity index is 2.33. The molecule has 0 amide bonds. The lowest BCUT2D eigenvalue weighted by Gasteiger charge is -2.38. The lowest BCUT2D eigenvalue weighted by atomic mass is 9.77. The number of rotatable bonds is 3. The van der Waals surface area contributed by atoms with Gasteiger partial charge in [0, 0.05) is 16.9 Å². The second-order valence-corrected chi connectivity index (χ2v) is 6.38. The van der Waals surface area contributed by atoms with Crippen LogP contribution in [0.25, 0.3) is 0 Å². The average Bonchev–Trinajstić information content (AvgIpc) is 2.37. The van der Waals surface area contributed by atoms with Crippen molar-refractivity contribution in [3.8, 4) is 0 Å². The third-order valence-electron chi connectivity index (χ3n) is 3.62. The quantitative estimate of drug-likeness (QED) is 0.868. The molecule has 0 aliphatic heterocycles. The van der Waals surface area contributed by atoms with E-state index in [-0.39, 0.29) is 12.0 Å². The summed E-state index contributed by atoms with van der Waals surface area (Å²) < 4.78 is 6.11. The third kappa shape index (κ3) is 3.00. The Morgan fingerprint density at radius 3 is 2.79 bits per heavy atom. The molecule has 0 bridgehead atoms. The minimum absolute atomic E-state index is 0.158. The molecule has 1 aromatic rings. The van der Waals surface area contributed by atoms with E-state index >= 15 is 0 Å². The molecule has 19 heavy (non-hydrogen) atoms. The van der Waals surface area contributed by atoms with Crippen molar-refractivity contribution < 1.29 is 9.53 Å². The first-order chi connectivity index (χ1) is 8.97. The van der Waals surface area contributed by atoms with Gasteiger partial charge >= 0.3 is 5.97 Å². The molecule has 3 nitrogen and oxygen atoms in total. The lowest BCUT2D eigenvalue weighted by Crippen LogP contribution is -2.58. The van der Waals surface area contributed by atoms with Gasteiger partial charge in [-0.3, -0.25) is 10.1 Å². The third-order valence-corrected chi connectivity index (χ3v) is 4.12. The largest absolute Gasteiger partial charge is 0.468 e. The summed E-state index contributed by atoms with van der Waals surface area (Å²) in [6.45, 7) is 4.11. The minimum atomic E-state index is -0.580. The van der Waals surface area contributed by atoms with Crippen LogP contribution in [0, 0.1) is 0 Å². The maximum atomic E-state index is 12.2. The molecule has 4 heteroatoms. The van der Waals surface area contributed by atoms with Crippen LogP contribution in [0.4, 0.5) is 0 Å². The fourth-order valence-electron chi connectivity index (χ4n) is 2.87. The smallest absolute Gasteiger partial charge is 0.326 e. The van der Waals surface area contributed by atoms with Gasteiger partial charge in [-0.2, -0.15) is 0 Å². The van der Waals surface area contributed by atoms with Gasteiger partial charge in [-0.25, -0.2) is 0 Å². The van der Waals surface area contributed by atoms with E-state index in [0.29, 0.717) is 6.42 Å². The average molecular weight is 326 g/mol. The molecular formula is C15H20BrNO2. The molecule has 0 saturated carbocycles. The number of ether oxygens (including phenoxy) is 1. The molecule has 0 fully saturated rings. The zero-order valence-electron chi connectivity index (χ0n) is 11.6. The first-order valence-corrected chi connectivity index (χ1v) is 7.39. The van der Waals surface area contributed by atoms with E-state index < -0.39 is 5.54 Å². The van der Waals surface area contributed by atoms with Crippen molar-refractivity contribution in [3.05, 3.63) is 33.8 Å². The minimum Gasteiger partial charge on any atom is -0.468 e. The van der Waals surface area contributed by atoms with Crippen molar-refractivity contribution in [2.24, 2.45) is 0 Å². The molecule has 0 aromatic heterocycles. The van der Waals surface area contributed by atoms with Gasteiger partial charge in [0.1, 0.15) is 5.54 Å². The van der Waals surface area contributed by atoms with Gasteiger partial charge in [-0.05, 0) is 49.9 Å². The molecule has 0 spiro atoms. The number of aryl methyl sites for hydroxylation is 1. The fraction of sp³-hybridized carbons (Fsp3) is 0.533. The Morgan fingerprint density at radius 1 is 1.42 bits per heavy atom. The van der Waals surface area contributed by atoms with Crippen LogP contribution < -0.4 is 5.32 Å². The summed E-state index contributed by atoms with van der Waals surface area (Å²) in [5.41, 5.74) is 1.97. The summed E-state index contributed by atoms with van der Waals surface area (Å²) in [4.78, 5) is 12.2. The van der Waals surface area contributed by atoms with Crippen LogP contribution in [0.15, 0.2) is 22.7 Å². The molecule has 1 atom stereocenters. The molecule has 0 heterocycles. The molecular weight excluding hydrogens is 306 g/mol. The summed E-state index contributed by atoms with van der Waals surface area (Å²) >= 11 is 3.49. The Kier molecular flexibility index (Phi) is 4.31. The summed E-state index contributed by atoms with van der Waals surface area (Å²) in [6, 6.07) is 6.52. The van der Waals surface area contributed by atoms with E-state index in [9.17, 15) is 4.79 Å². The molecule has 1 unspecified atom stereocenters. The SMILES string of the molecule is COC(=O)C1(NC(C)C)CCc2cc(Br)ccc2C1. The zero-order valence-corrected chi connectivity index (χ0v) is 13.2. The fourth-order valence-corrected chi connectivity index (χ4v) is 3.27. The molecule has 0 saturated heterocycles. The van der Waals surface area contributed by atoms with E-state index in [4.69, 9.17) is 4.74 Å². The predicted octanol–water partition coefficient (Wildman–Crippen LogP) is 2.85. The highest BCUT2D eigenvalue weighted by Gasteiger charge is 2.42. The van der Waals surface area contributed by atoms with Crippen LogP contribution in [0.5, 0.6) is 0 Å². The first kappa shape index (κ1) is 14.5. The number of carbonyl (C=O) groups is 1. The van der Waals surface area contributed by atoms with Gasteiger partial charge in [0.25, 0.3) is 0 Å². The molecule has 1 aliphatic carbocycles. The Hall–Kier alpha value is -0.870. The number of methoxy groups -OCH3 is 1. The maximum Gasteiger partial charge on any atom is 0.326 e. The van der Waals surface area contributed by atoms with Crippen LogP contribution >= 0.6 is 15.9 Å². The highest BCUT2D eigenvalue weighted by atomic mass is 79.9. The van der Waals surface area contributed by atoms with Crippen LogP contribution in [-0.2, 0) is 22.4 Å². The summed E-state index contributed by atoms with van der Waals surface area (Å²) in [5, 5.41) is 3.42. The summed E-state index contributed by atoms with van der Waals surface area (Å²) in [7, 11) is 1.46. The Morgan fingerprint density at radius 2 is 2.16 bits per heavy atom. The van der Waals surface area contributed by atoms with Gasteiger partial charge in [0.05, 0.1) is 7.11 Å². The van der Waals surface area contributed by atoms with Crippen LogP contribution in [-0.4, -0.2) is 24.7 Å². The topological polar surface area (TPSA) is 38.3 Å². The molecule has 2 rings (SSSR count). The Labute approximate surface area is 122 Å². The lowest BCUT2D eigenvalue weighted by molar-refractivity contribution is -0.149. The van der Waals surface area contributed by atoms with E-state index in [1.165, 1.54) is 18.2 Å². The van der Waals surface area contributed by atoms with E-state index in [0.717, 1.165) is 17.3 Å².